The number of urea groups is 1. The number of rotatable bonds is 7. The molecule has 0 unspecified atom stereocenters. The van der Waals surface area contributed by atoms with E-state index in [-0.39, 0.29) is 12.6 Å². The summed E-state index contributed by atoms with van der Waals surface area (Å²) in [4.78, 5) is 24.7. The highest BCUT2D eigenvalue weighted by Gasteiger charge is 2.10. The van der Waals surface area contributed by atoms with Gasteiger partial charge < -0.3 is 20.3 Å². The lowest BCUT2D eigenvalue weighted by molar-refractivity contribution is -0.141. The Morgan fingerprint density at radius 2 is 1.94 bits per heavy atom. The van der Waals surface area contributed by atoms with Gasteiger partial charge >= 0.3 is 12.0 Å². The fraction of sp³-hybridized carbons (Fsp3) is 0.833. The van der Waals surface area contributed by atoms with Gasteiger partial charge in [-0.25, -0.2) is 4.79 Å². The summed E-state index contributed by atoms with van der Waals surface area (Å²) in [6.45, 7) is 5.99. The number of hydrogen-bond donors (Lipinski definition) is 2. The van der Waals surface area contributed by atoms with Crippen molar-refractivity contribution in [1.29, 1.82) is 0 Å². The molecule has 0 aromatic carbocycles. The summed E-state index contributed by atoms with van der Waals surface area (Å²) in [5.74, 6) is -0.412. The standard InChI is InChI=1S/C12H23N3O3/c1-2-18-11(16)10-14-12(17)13-6-5-9-15-7-3-4-8-15/h2-10H2,1H3,(H2,13,14,17). The highest BCUT2D eigenvalue weighted by Crippen LogP contribution is 2.06. The molecular formula is C12H23N3O3. The summed E-state index contributed by atoms with van der Waals surface area (Å²) in [7, 11) is 0. The normalized spacial score (nSPS) is 15.4. The van der Waals surface area contributed by atoms with Crippen molar-refractivity contribution in [3.63, 3.8) is 0 Å². The van der Waals surface area contributed by atoms with E-state index in [0.717, 1.165) is 13.0 Å². The summed E-state index contributed by atoms with van der Waals surface area (Å²) >= 11 is 0. The van der Waals surface area contributed by atoms with E-state index in [4.69, 9.17) is 4.74 Å². The second-order valence-electron chi connectivity index (χ2n) is 4.32. The van der Waals surface area contributed by atoms with Gasteiger partial charge in [0.15, 0.2) is 0 Å². The molecule has 0 atom stereocenters. The fourth-order valence-electron chi connectivity index (χ4n) is 1.94. The second kappa shape index (κ2) is 8.74. The lowest BCUT2D eigenvalue weighted by Gasteiger charge is -2.14. The van der Waals surface area contributed by atoms with Gasteiger partial charge in [0.25, 0.3) is 0 Å². The zero-order chi connectivity index (χ0) is 13.2. The molecule has 6 nitrogen and oxygen atoms in total. The Bertz CT molecular complexity index is 265. The number of ether oxygens (including phenoxy) is 1. The van der Waals surface area contributed by atoms with Crippen molar-refractivity contribution in [2.24, 2.45) is 0 Å². The third kappa shape index (κ3) is 6.44. The number of esters is 1. The SMILES string of the molecule is CCOC(=O)CNC(=O)NCCCN1CCCC1. The highest BCUT2D eigenvalue weighted by molar-refractivity contribution is 5.80. The van der Waals surface area contributed by atoms with E-state index in [9.17, 15) is 9.59 Å². The molecule has 1 aliphatic heterocycles. The van der Waals surface area contributed by atoms with Crippen molar-refractivity contribution >= 4 is 12.0 Å². The van der Waals surface area contributed by atoms with Crippen LogP contribution in [0, 0.1) is 0 Å². The number of carbonyl (C=O) groups is 2. The third-order valence-electron chi connectivity index (χ3n) is 2.83. The van der Waals surface area contributed by atoms with Crippen molar-refractivity contribution in [2.75, 3.05) is 39.3 Å². The van der Waals surface area contributed by atoms with E-state index < -0.39 is 5.97 Å². The largest absolute Gasteiger partial charge is 0.465 e. The zero-order valence-corrected chi connectivity index (χ0v) is 11.0. The Labute approximate surface area is 108 Å². The lowest BCUT2D eigenvalue weighted by Crippen LogP contribution is -2.40. The van der Waals surface area contributed by atoms with Crippen molar-refractivity contribution < 1.29 is 14.3 Å². The molecule has 6 heteroatoms. The molecule has 18 heavy (non-hydrogen) atoms. The average Bonchev–Trinajstić information content (AvgIpc) is 2.85. The second-order valence-corrected chi connectivity index (χ2v) is 4.32. The van der Waals surface area contributed by atoms with Gasteiger partial charge in [0, 0.05) is 6.54 Å². The average molecular weight is 257 g/mol. The maximum atomic E-state index is 11.3. The molecular weight excluding hydrogens is 234 g/mol. The maximum absolute atomic E-state index is 11.3. The monoisotopic (exact) mass is 257 g/mol. The van der Waals surface area contributed by atoms with Crippen LogP contribution in [0.25, 0.3) is 0 Å². The van der Waals surface area contributed by atoms with Crippen LogP contribution in [0.1, 0.15) is 26.2 Å². The molecule has 2 N–H and O–H groups in total. The van der Waals surface area contributed by atoms with Crippen LogP contribution in [-0.2, 0) is 9.53 Å². The third-order valence-corrected chi connectivity index (χ3v) is 2.83. The van der Waals surface area contributed by atoms with E-state index in [1.165, 1.54) is 25.9 Å². The minimum Gasteiger partial charge on any atom is -0.465 e. The molecule has 2 amide bonds. The first-order chi connectivity index (χ1) is 8.72. The van der Waals surface area contributed by atoms with Crippen LogP contribution in [0.3, 0.4) is 0 Å². The molecule has 1 saturated heterocycles. The zero-order valence-electron chi connectivity index (χ0n) is 11.0. The Morgan fingerprint density at radius 3 is 2.61 bits per heavy atom. The van der Waals surface area contributed by atoms with Crippen molar-refractivity contribution in [1.82, 2.24) is 15.5 Å². The first-order valence-electron chi connectivity index (χ1n) is 6.62. The maximum Gasteiger partial charge on any atom is 0.325 e. The lowest BCUT2D eigenvalue weighted by atomic mass is 10.4. The molecule has 0 aromatic heterocycles. The number of amides is 2. The van der Waals surface area contributed by atoms with Crippen LogP contribution in [0.5, 0.6) is 0 Å². The topological polar surface area (TPSA) is 70.7 Å². The molecule has 0 bridgehead atoms. The minimum atomic E-state index is -0.412. The quantitative estimate of drug-likeness (QED) is 0.509. The van der Waals surface area contributed by atoms with Crippen molar-refractivity contribution in [3.05, 3.63) is 0 Å². The molecule has 0 saturated carbocycles. The number of nitrogens with one attached hydrogen (secondary N) is 2. The van der Waals surface area contributed by atoms with Crippen LogP contribution >= 0.6 is 0 Å². The Kier molecular flexibility index (Phi) is 7.17. The summed E-state index contributed by atoms with van der Waals surface area (Å²) in [6.07, 6.45) is 3.51. The molecule has 0 radical (unpaired) electrons. The van der Waals surface area contributed by atoms with Gasteiger partial charge in [0.1, 0.15) is 6.54 Å². The molecule has 1 fully saturated rings. The van der Waals surface area contributed by atoms with Gasteiger partial charge in [0.2, 0.25) is 0 Å². The van der Waals surface area contributed by atoms with Gasteiger partial charge in [-0.2, -0.15) is 0 Å². The van der Waals surface area contributed by atoms with E-state index >= 15 is 0 Å². The van der Waals surface area contributed by atoms with Crippen molar-refractivity contribution in [3.8, 4) is 0 Å². The van der Waals surface area contributed by atoms with Crippen molar-refractivity contribution in [2.45, 2.75) is 26.2 Å². The highest BCUT2D eigenvalue weighted by atomic mass is 16.5. The number of carbonyl (C=O) groups excluding carboxylic acids is 2. The molecule has 1 rings (SSSR count). The predicted octanol–water partition coefficient (Wildman–Crippen LogP) is 0.335. The summed E-state index contributed by atoms with van der Waals surface area (Å²) in [5, 5.41) is 5.18. The molecule has 1 heterocycles. The Morgan fingerprint density at radius 1 is 1.22 bits per heavy atom. The molecule has 104 valence electrons. The van der Waals surface area contributed by atoms with Gasteiger partial charge in [-0.05, 0) is 45.8 Å². The Balaban J connectivity index is 1.94. The summed E-state index contributed by atoms with van der Waals surface area (Å²) in [6, 6.07) is -0.315. The molecule has 1 aliphatic rings. The van der Waals surface area contributed by atoms with Gasteiger partial charge in [-0.15, -0.1) is 0 Å². The van der Waals surface area contributed by atoms with E-state index in [2.05, 4.69) is 15.5 Å². The van der Waals surface area contributed by atoms with Crippen LogP contribution < -0.4 is 10.6 Å². The van der Waals surface area contributed by atoms with Gasteiger partial charge in [0.05, 0.1) is 6.61 Å². The fourth-order valence-corrected chi connectivity index (χ4v) is 1.94. The number of hydrogen-bond acceptors (Lipinski definition) is 4. The number of nitrogens with zero attached hydrogens (tertiary/aromatic N) is 1. The molecule has 0 spiro atoms. The number of likely N-dealkylation sites (tertiary alicyclic amines) is 1. The van der Waals surface area contributed by atoms with E-state index in [1.807, 2.05) is 0 Å². The van der Waals surface area contributed by atoms with Crippen LogP contribution in [0.2, 0.25) is 0 Å². The van der Waals surface area contributed by atoms with E-state index in [1.54, 1.807) is 6.92 Å². The van der Waals surface area contributed by atoms with Crippen LogP contribution in [0.15, 0.2) is 0 Å². The van der Waals surface area contributed by atoms with Gasteiger partial charge in [-0.1, -0.05) is 0 Å². The molecule has 0 aliphatic carbocycles. The first-order valence-corrected chi connectivity index (χ1v) is 6.62. The van der Waals surface area contributed by atoms with Crippen LogP contribution in [0.4, 0.5) is 4.79 Å². The van der Waals surface area contributed by atoms with Gasteiger partial charge in [-0.3, -0.25) is 4.79 Å². The summed E-state index contributed by atoms with van der Waals surface area (Å²) in [5.41, 5.74) is 0. The minimum absolute atomic E-state index is 0.0776. The predicted molar refractivity (Wildman–Crippen MR) is 68.3 cm³/mol. The first kappa shape index (κ1) is 14.8. The summed E-state index contributed by atoms with van der Waals surface area (Å²) < 4.78 is 4.70. The molecule has 0 aromatic rings. The van der Waals surface area contributed by atoms with E-state index in [0.29, 0.717) is 13.2 Å². The smallest absolute Gasteiger partial charge is 0.325 e. The Hall–Kier alpha value is -1.30. The van der Waals surface area contributed by atoms with Crippen LogP contribution in [-0.4, -0.2) is 56.2 Å².